The zero-order valence-electron chi connectivity index (χ0n) is 25.1. The summed E-state index contributed by atoms with van der Waals surface area (Å²) in [5.74, 6) is -0.0397. The van der Waals surface area contributed by atoms with E-state index in [-0.39, 0.29) is 17.9 Å². The number of carbonyl (C=O) groups excluding carboxylic acids is 3. The maximum absolute atomic E-state index is 13.7. The number of aryl methyl sites for hydroxylation is 1. The van der Waals surface area contributed by atoms with Crippen LogP contribution in [0, 0.1) is 6.92 Å². The van der Waals surface area contributed by atoms with Crippen LogP contribution < -0.4 is 24.4 Å². The van der Waals surface area contributed by atoms with Gasteiger partial charge < -0.3 is 14.2 Å². The molecule has 5 aromatic rings. The summed E-state index contributed by atoms with van der Waals surface area (Å²) < 4.78 is 18.6. The number of anilines is 1. The minimum atomic E-state index is -0.840. The van der Waals surface area contributed by atoms with Crippen molar-refractivity contribution >= 4 is 56.3 Å². The van der Waals surface area contributed by atoms with Gasteiger partial charge in [-0.15, -0.1) is 0 Å². The summed E-state index contributed by atoms with van der Waals surface area (Å²) in [4.78, 5) is 40.4. The average Bonchev–Trinajstić information content (AvgIpc) is 3.06. The van der Waals surface area contributed by atoms with Crippen molar-refractivity contribution in [2.75, 3.05) is 12.0 Å². The van der Waals surface area contributed by atoms with Gasteiger partial charge in [-0.1, -0.05) is 64.5 Å². The fourth-order valence-corrected chi connectivity index (χ4v) is 5.42. The van der Waals surface area contributed by atoms with Crippen LogP contribution in [0.25, 0.3) is 16.8 Å². The van der Waals surface area contributed by atoms with Gasteiger partial charge in [0.2, 0.25) is 0 Å². The predicted octanol–water partition coefficient (Wildman–Crippen LogP) is 7.74. The van der Waals surface area contributed by atoms with Gasteiger partial charge in [0, 0.05) is 21.7 Å². The van der Waals surface area contributed by atoms with Crippen molar-refractivity contribution in [2.45, 2.75) is 20.1 Å². The van der Waals surface area contributed by atoms with Crippen LogP contribution in [0.1, 0.15) is 22.3 Å². The SMILES string of the molecule is COc1ccc(/C=C2\C(=O)NC(=O)N(c3ccc(OCc4ccc(Br)cc4)cc3)C2=O)c(OCc2c(C)ccc3ccccc23)c1. The molecule has 8 nitrogen and oxygen atoms in total. The molecule has 230 valence electrons. The van der Waals surface area contributed by atoms with Gasteiger partial charge in [-0.2, -0.15) is 0 Å². The number of barbiturate groups is 1. The van der Waals surface area contributed by atoms with E-state index in [0.717, 1.165) is 36.8 Å². The monoisotopic (exact) mass is 676 g/mol. The molecule has 0 spiro atoms. The number of amides is 4. The number of methoxy groups -OCH3 is 1. The number of hydrogen-bond acceptors (Lipinski definition) is 6. The highest BCUT2D eigenvalue weighted by Crippen LogP contribution is 2.31. The molecule has 1 fully saturated rings. The Bertz CT molecular complexity index is 1990. The first-order valence-corrected chi connectivity index (χ1v) is 15.3. The number of ether oxygens (including phenoxy) is 3. The van der Waals surface area contributed by atoms with Crippen LogP contribution in [0.4, 0.5) is 10.5 Å². The van der Waals surface area contributed by atoms with Crippen molar-refractivity contribution in [3.63, 3.8) is 0 Å². The molecule has 46 heavy (non-hydrogen) atoms. The van der Waals surface area contributed by atoms with E-state index < -0.39 is 17.8 Å². The lowest BCUT2D eigenvalue weighted by Crippen LogP contribution is -2.54. The second-order valence-corrected chi connectivity index (χ2v) is 11.6. The molecular weight excluding hydrogens is 648 g/mol. The summed E-state index contributed by atoms with van der Waals surface area (Å²) in [5, 5.41) is 4.45. The fourth-order valence-electron chi connectivity index (χ4n) is 5.16. The van der Waals surface area contributed by atoms with E-state index in [1.165, 1.54) is 6.08 Å². The van der Waals surface area contributed by atoms with Crippen molar-refractivity contribution < 1.29 is 28.6 Å². The molecule has 1 N–H and O–H groups in total. The first-order chi connectivity index (χ1) is 22.3. The van der Waals surface area contributed by atoms with Gasteiger partial charge >= 0.3 is 6.03 Å². The van der Waals surface area contributed by atoms with Crippen molar-refractivity contribution in [2.24, 2.45) is 0 Å². The van der Waals surface area contributed by atoms with E-state index in [9.17, 15) is 14.4 Å². The lowest BCUT2D eigenvalue weighted by atomic mass is 10.0. The van der Waals surface area contributed by atoms with Gasteiger partial charge in [0.15, 0.2) is 0 Å². The number of nitrogens with zero attached hydrogens (tertiary/aromatic N) is 1. The molecule has 4 amide bonds. The molecular formula is C37H29BrN2O6. The average molecular weight is 678 g/mol. The quantitative estimate of drug-likeness (QED) is 0.127. The lowest BCUT2D eigenvalue weighted by Gasteiger charge is -2.26. The van der Waals surface area contributed by atoms with E-state index >= 15 is 0 Å². The molecule has 1 saturated heterocycles. The molecule has 0 atom stereocenters. The number of fused-ring (bicyclic) bond motifs is 1. The Balaban J connectivity index is 1.25. The standard InChI is InChI=1S/C37H29BrN2O6/c1-23-7-10-25-5-3-4-6-31(25)33(23)22-46-34-20-30(44-2)16-11-26(34)19-32-35(41)39-37(43)40(36(32)42)28-14-17-29(18-15-28)45-21-24-8-12-27(38)13-9-24/h3-20H,21-22H2,1-2H3,(H,39,41,43)/b32-19+. The summed E-state index contributed by atoms with van der Waals surface area (Å²) >= 11 is 3.42. The molecule has 9 heteroatoms. The van der Waals surface area contributed by atoms with Crippen LogP contribution in [-0.4, -0.2) is 25.0 Å². The molecule has 1 heterocycles. The number of halogens is 1. The Morgan fingerprint density at radius 3 is 2.30 bits per heavy atom. The first-order valence-electron chi connectivity index (χ1n) is 14.5. The third-order valence-corrected chi connectivity index (χ3v) is 8.21. The maximum Gasteiger partial charge on any atom is 0.335 e. The van der Waals surface area contributed by atoms with Gasteiger partial charge in [-0.25, -0.2) is 9.69 Å². The van der Waals surface area contributed by atoms with Crippen molar-refractivity contribution in [3.8, 4) is 17.2 Å². The van der Waals surface area contributed by atoms with E-state index in [4.69, 9.17) is 14.2 Å². The Morgan fingerprint density at radius 2 is 1.54 bits per heavy atom. The molecule has 0 unspecified atom stereocenters. The van der Waals surface area contributed by atoms with Crippen LogP contribution in [0.3, 0.4) is 0 Å². The van der Waals surface area contributed by atoms with Crippen molar-refractivity contribution in [1.29, 1.82) is 0 Å². The summed E-state index contributed by atoms with van der Waals surface area (Å²) in [7, 11) is 1.55. The van der Waals surface area contributed by atoms with E-state index in [0.29, 0.717) is 29.4 Å². The van der Waals surface area contributed by atoms with Crippen LogP contribution in [0.5, 0.6) is 17.2 Å². The Kier molecular flexibility index (Phi) is 8.85. The van der Waals surface area contributed by atoms with Crippen LogP contribution >= 0.6 is 15.9 Å². The topological polar surface area (TPSA) is 94.2 Å². The minimum absolute atomic E-state index is 0.216. The molecule has 1 aliphatic rings. The summed E-state index contributed by atoms with van der Waals surface area (Å²) in [6.07, 6.45) is 1.43. The molecule has 0 bridgehead atoms. The maximum atomic E-state index is 13.7. The molecule has 6 rings (SSSR count). The fraction of sp³-hybridized carbons (Fsp3) is 0.108. The van der Waals surface area contributed by atoms with Crippen LogP contribution in [0.2, 0.25) is 0 Å². The highest BCUT2D eigenvalue weighted by atomic mass is 79.9. The largest absolute Gasteiger partial charge is 0.497 e. The highest BCUT2D eigenvalue weighted by molar-refractivity contribution is 9.10. The van der Waals surface area contributed by atoms with Gasteiger partial charge in [-0.05, 0) is 83.4 Å². The van der Waals surface area contributed by atoms with Gasteiger partial charge in [0.05, 0.1) is 12.8 Å². The van der Waals surface area contributed by atoms with E-state index in [1.807, 2.05) is 61.5 Å². The smallest absolute Gasteiger partial charge is 0.335 e. The van der Waals surface area contributed by atoms with E-state index in [1.54, 1.807) is 49.6 Å². The van der Waals surface area contributed by atoms with Crippen LogP contribution in [-0.2, 0) is 22.8 Å². The summed E-state index contributed by atoms with van der Waals surface area (Å²) in [6.45, 7) is 2.62. The third-order valence-electron chi connectivity index (χ3n) is 7.68. The number of benzene rings is 5. The predicted molar refractivity (Wildman–Crippen MR) is 180 cm³/mol. The highest BCUT2D eigenvalue weighted by Gasteiger charge is 2.37. The van der Waals surface area contributed by atoms with Crippen molar-refractivity contribution in [1.82, 2.24) is 5.32 Å². The molecule has 0 saturated carbocycles. The Morgan fingerprint density at radius 1 is 0.804 bits per heavy atom. The number of carbonyl (C=O) groups is 3. The van der Waals surface area contributed by atoms with Gasteiger partial charge in [-0.3, -0.25) is 14.9 Å². The second-order valence-electron chi connectivity index (χ2n) is 10.6. The first kappa shape index (κ1) is 30.6. The molecule has 0 aromatic heterocycles. The minimum Gasteiger partial charge on any atom is -0.497 e. The van der Waals surface area contributed by atoms with Gasteiger partial charge in [0.25, 0.3) is 11.8 Å². The Hall–Kier alpha value is -5.41. The number of hydrogen-bond donors (Lipinski definition) is 1. The number of rotatable bonds is 9. The summed E-state index contributed by atoms with van der Waals surface area (Å²) in [5.41, 5.74) is 3.62. The Labute approximate surface area is 274 Å². The van der Waals surface area contributed by atoms with E-state index in [2.05, 4.69) is 27.3 Å². The number of urea groups is 1. The van der Waals surface area contributed by atoms with Crippen molar-refractivity contribution in [3.05, 3.63) is 135 Å². The zero-order valence-corrected chi connectivity index (χ0v) is 26.7. The zero-order chi connectivity index (χ0) is 32.2. The third kappa shape index (κ3) is 6.50. The second kappa shape index (κ2) is 13.3. The van der Waals surface area contributed by atoms with Gasteiger partial charge in [0.1, 0.15) is 36.0 Å². The summed E-state index contributed by atoms with van der Waals surface area (Å²) in [6, 6.07) is 30.7. The molecule has 0 radical (unpaired) electrons. The number of nitrogens with one attached hydrogen (secondary N) is 1. The lowest BCUT2D eigenvalue weighted by molar-refractivity contribution is -0.122. The number of imide groups is 2. The molecule has 1 aliphatic heterocycles. The molecule has 0 aliphatic carbocycles. The molecule has 5 aromatic carbocycles. The normalized spacial score (nSPS) is 14.0. The van der Waals surface area contributed by atoms with Crippen LogP contribution in [0.15, 0.2) is 113 Å².